The number of nitrogens with one attached hydrogen (secondary N) is 2. The molecule has 2 heterocycles. The number of carbonyl (C=O) groups excluding carboxylic acids is 1. The molecular weight excluding hydrogens is 274 g/mol. The first-order valence-corrected chi connectivity index (χ1v) is 7.39. The summed E-state index contributed by atoms with van der Waals surface area (Å²) in [5.41, 5.74) is -0.665. The van der Waals surface area contributed by atoms with Gasteiger partial charge in [-0.2, -0.15) is 0 Å². The van der Waals surface area contributed by atoms with Crippen molar-refractivity contribution in [3.05, 3.63) is 11.3 Å². The first-order chi connectivity index (χ1) is 9.64. The lowest BCUT2D eigenvalue weighted by Gasteiger charge is -2.46. The second-order valence-corrected chi connectivity index (χ2v) is 7.43. The van der Waals surface area contributed by atoms with Crippen LogP contribution in [-0.4, -0.2) is 37.4 Å². The second-order valence-electron chi connectivity index (χ2n) is 7.43. The Hall–Kier alpha value is -1.08. The van der Waals surface area contributed by atoms with E-state index < -0.39 is 18.3 Å². The van der Waals surface area contributed by atoms with E-state index in [2.05, 4.69) is 10.6 Å². The molecule has 3 rings (SSSR count). The molecule has 1 saturated carbocycles. The molecule has 3 aliphatic rings. The molecule has 2 N–H and O–H groups in total. The van der Waals surface area contributed by atoms with Crippen LogP contribution in [-0.2, 0) is 9.31 Å². The fraction of sp³-hybridized carbons (Fsp3) is 0.786. The van der Waals surface area contributed by atoms with Crippen molar-refractivity contribution in [3.63, 3.8) is 0 Å². The van der Waals surface area contributed by atoms with Gasteiger partial charge < -0.3 is 19.9 Å². The summed E-state index contributed by atoms with van der Waals surface area (Å²) in [4.78, 5) is 11.1. The van der Waals surface area contributed by atoms with Crippen molar-refractivity contribution in [1.29, 1.82) is 0 Å². The van der Waals surface area contributed by atoms with Gasteiger partial charge in [-0.25, -0.2) is 9.18 Å². The van der Waals surface area contributed by atoms with Crippen molar-refractivity contribution >= 4 is 13.1 Å². The minimum atomic E-state index is -0.909. The summed E-state index contributed by atoms with van der Waals surface area (Å²) in [5.74, 6) is 0. The Bertz CT molecular complexity index is 482. The highest BCUT2D eigenvalue weighted by Gasteiger charge is 2.55. The van der Waals surface area contributed by atoms with E-state index in [0.29, 0.717) is 25.9 Å². The number of hydrogen-bond acceptors (Lipinski definition) is 3. The maximum absolute atomic E-state index is 14.6. The first kappa shape index (κ1) is 14.8. The molecule has 0 bridgehead atoms. The Morgan fingerprint density at radius 2 is 1.57 bits per heavy atom. The molecule has 7 heteroatoms. The lowest BCUT2D eigenvalue weighted by molar-refractivity contribution is 0.00578. The van der Waals surface area contributed by atoms with Crippen molar-refractivity contribution in [2.24, 2.45) is 5.41 Å². The molecule has 1 aliphatic carbocycles. The zero-order chi connectivity index (χ0) is 15.5. The monoisotopic (exact) mass is 296 g/mol. The Balaban J connectivity index is 1.68. The lowest BCUT2D eigenvalue weighted by atomic mass is 9.61. The maximum Gasteiger partial charge on any atom is 0.525 e. The highest BCUT2D eigenvalue weighted by Crippen LogP contribution is 2.49. The van der Waals surface area contributed by atoms with Crippen molar-refractivity contribution in [2.45, 2.75) is 51.7 Å². The number of carbonyl (C=O) groups is 1. The molecule has 3 fully saturated rings. The third-order valence-corrected chi connectivity index (χ3v) is 5.22. The van der Waals surface area contributed by atoms with Gasteiger partial charge in [-0.3, -0.25) is 0 Å². The Morgan fingerprint density at radius 3 is 2.05 bits per heavy atom. The van der Waals surface area contributed by atoms with Gasteiger partial charge in [0.25, 0.3) is 0 Å². The van der Waals surface area contributed by atoms with Crippen LogP contribution in [0.5, 0.6) is 0 Å². The highest BCUT2D eigenvalue weighted by molar-refractivity contribution is 6.53. The van der Waals surface area contributed by atoms with Crippen LogP contribution in [0.15, 0.2) is 11.3 Å². The Kier molecular flexibility index (Phi) is 3.15. The molecule has 116 valence electrons. The topological polar surface area (TPSA) is 59.6 Å². The van der Waals surface area contributed by atoms with Gasteiger partial charge in [0.2, 0.25) is 0 Å². The van der Waals surface area contributed by atoms with Crippen LogP contribution in [0.4, 0.5) is 9.18 Å². The summed E-state index contributed by atoms with van der Waals surface area (Å²) in [6.45, 7) is 8.83. The van der Waals surface area contributed by atoms with E-state index in [1.54, 1.807) is 0 Å². The van der Waals surface area contributed by atoms with E-state index in [1.807, 2.05) is 27.7 Å². The van der Waals surface area contributed by atoms with Crippen LogP contribution in [0.2, 0.25) is 0 Å². The summed E-state index contributed by atoms with van der Waals surface area (Å²) >= 11 is 0. The zero-order valence-electron chi connectivity index (χ0n) is 13.0. The summed E-state index contributed by atoms with van der Waals surface area (Å²) in [5, 5.41) is 5.54. The molecule has 0 aromatic carbocycles. The summed E-state index contributed by atoms with van der Waals surface area (Å²) in [6, 6.07) is -0.149. The fourth-order valence-corrected chi connectivity index (χ4v) is 3.05. The minimum Gasteiger partial charge on any atom is -0.398 e. The van der Waals surface area contributed by atoms with Crippen LogP contribution in [0.25, 0.3) is 0 Å². The average Bonchev–Trinajstić information content (AvgIpc) is 2.56. The zero-order valence-corrected chi connectivity index (χ0v) is 13.0. The highest BCUT2D eigenvalue weighted by atomic mass is 19.1. The Labute approximate surface area is 124 Å². The number of rotatable bonds is 1. The molecule has 2 aliphatic heterocycles. The number of urea groups is 1. The van der Waals surface area contributed by atoms with Gasteiger partial charge in [0.05, 0.1) is 11.2 Å². The van der Waals surface area contributed by atoms with Crippen LogP contribution in [0, 0.1) is 5.41 Å². The van der Waals surface area contributed by atoms with Crippen LogP contribution < -0.4 is 10.6 Å². The quantitative estimate of drug-likeness (QED) is 0.727. The molecule has 0 atom stereocenters. The van der Waals surface area contributed by atoms with Gasteiger partial charge in [-0.1, -0.05) is 0 Å². The SMILES string of the molecule is CC1(C)OB(C(F)=C2CC3(CNC(=O)NC3)C2)OC1(C)C. The van der Waals surface area contributed by atoms with E-state index in [1.165, 1.54) is 0 Å². The number of halogens is 1. The van der Waals surface area contributed by atoms with Crippen molar-refractivity contribution in [2.75, 3.05) is 13.1 Å². The van der Waals surface area contributed by atoms with Gasteiger partial charge in [-0.05, 0) is 46.1 Å². The second kappa shape index (κ2) is 4.46. The lowest BCUT2D eigenvalue weighted by Crippen LogP contribution is -2.58. The van der Waals surface area contributed by atoms with E-state index in [0.717, 1.165) is 5.57 Å². The van der Waals surface area contributed by atoms with Gasteiger partial charge in [-0.15, -0.1) is 0 Å². The first-order valence-electron chi connectivity index (χ1n) is 7.39. The molecule has 21 heavy (non-hydrogen) atoms. The number of allylic oxidation sites excluding steroid dienone is 1. The van der Waals surface area contributed by atoms with Crippen molar-refractivity contribution < 1.29 is 18.5 Å². The van der Waals surface area contributed by atoms with Gasteiger partial charge in [0.15, 0.2) is 0 Å². The molecule has 0 unspecified atom stereocenters. The molecule has 0 aromatic heterocycles. The smallest absolute Gasteiger partial charge is 0.398 e. The van der Waals surface area contributed by atoms with Gasteiger partial charge >= 0.3 is 13.1 Å². The number of amides is 2. The van der Waals surface area contributed by atoms with Crippen LogP contribution in [0.1, 0.15) is 40.5 Å². The fourth-order valence-electron chi connectivity index (χ4n) is 3.05. The average molecular weight is 296 g/mol. The summed E-state index contributed by atoms with van der Waals surface area (Å²) in [6.07, 6.45) is 1.27. The third-order valence-electron chi connectivity index (χ3n) is 5.22. The van der Waals surface area contributed by atoms with E-state index >= 15 is 0 Å². The van der Waals surface area contributed by atoms with Crippen LogP contribution >= 0.6 is 0 Å². The maximum atomic E-state index is 14.6. The third kappa shape index (κ3) is 2.36. The van der Waals surface area contributed by atoms with E-state index in [-0.39, 0.29) is 17.2 Å². The molecule has 1 spiro atoms. The summed E-state index contributed by atoms with van der Waals surface area (Å²) < 4.78 is 26.0. The Morgan fingerprint density at radius 1 is 1.10 bits per heavy atom. The summed E-state index contributed by atoms with van der Waals surface area (Å²) in [7, 11) is -0.909. The van der Waals surface area contributed by atoms with E-state index in [9.17, 15) is 9.18 Å². The molecule has 2 amide bonds. The largest absolute Gasteiger partial charge is 0.525 e. The molecule has 0 aromatic rings. The van der Waals surface area contributed by atoms with Crippen molar-refractivity contribution in [1.82, 2.24) is 10.6 Å². The van der Waals surface area contributed by atoms with E-state index in [4.69, 9.17) is 9.31 Å². The van der Waals surface area contributed by atoms with Crippen molar-refractivity contribution in [3.8, 4) is 0 Å². The molecule has 2 saturated heterocycles. The standard InChI is InChI=1S/C14H22BFN2O3/c1-12(2)13(3,4)21-15(20-12)10(16)9-5-14(6-9)7-17-11(19)18-8-14/h5-8H2,1-4H3,(H2,17,18,19). The molecule has 5 nitrogen and oxygen atoms in total. The predicted octanol–water partition coefficient (Wildman–Crippen LogP) is 1.93. The minimum absolute atomic E-state index is 0.0514. The predicted molar refractivity (Wildman–Crippen MR) is 77.3 cm³/mol. The van der Waals surface area contributed by atoms with Gasteiger partial charge in [0, 0.05) is 18.5 Å². The van der Waals surface area contributed by atoms with Gasteiger partial charge in [0.1, 0.15) is 5.73 Å². The number of hydrogen-bond donors (Lipinski definition) is 2. The normalized spacial score (nSPS) is 28.9. The molecular formula is C14H22BFN2O3. The van der Waals surface area contributed by atoms with Crippen LogP contribution in [0.3, 0.4) is 0 Å². The molecule has 0 radical (unpaired) electrons.